The molecule has 0 saturated heterocycles. The van der Waals surface area contributed by atoms with E-state index in [1.165, 1.54) is 6.07 Å². The summed E-state index contributed by atoms with van der Waals surface area (Å²) in [6.45, 7) is 0. The minimum absolute atomic E-state index is 0.0310. The summed E-state index contributed by atoms with van der Waals surface area (Å²) in [4.78, 5) is 10.4. The Morgan fingerprint density at radius 1 is 1.40 bits per heavy atom. The van der Waals surface area contributed by atoms with E-state index >= 15 is 0 Å². The fraction of sp³-hybridized carbons (Fsp3) is 0.125. The molecule has 0 heterocycles. The van der Waals surface area contributed by atoms with Crippen LogP contribution in [0, 0.1) is 0 Å². The minimum atomic E-state index is -4.85. The Kier molecular flexibility index (Phi) is 3.23. The molecule has 0 spiro atoms. The molecule has 0 fully saturated rings. The zero-order chi connectivity index (χ0) is 11.6. The first-order chi connectivity index (χ1) is 6.85. The van der Waals surface area contributed by atoms with Gasteiger partial charge in [-0.25, -0.2) is 0 Å². The van der Waals surface area contributed by atoms with Crippen molar-refractivity contribution < 1.29 is 22.7 Å². The van der Waals surface area contributed by atoms with Gasteiger partial charge in [-0.3, -0.25) is 4.79 Å². The predicted octanol–water partition coefficient (Wildman–Crippen LogP) is 2.74. The van der Waals surface area contributed by atoms with Gasteiger partial charge in [0.15, 0.2) is 12.0 Å². The highest BCUT2D eigenvalue weighted by Crippen LogP contribution is 2.37. The van der Waals surface area contributed by atoms with Crippen LogP contribution in [-0.4, -0.2) is 12.6 Å². The summed E-state index contributed by atoms with van der Waals surface area (Å²) in [7, 11) is 0. The second-order valence-electron chi connectivity index (χ2n) is 2.55. The highest BCUT2D eigenvalue weighted by molar-refractivity contribution is 9.10. The second kappa shape index (κ2) is 4.09. The van der Waals surface area contributed by atoms with Crippen molar-refractivity contribution in [2.75, 3.05) is 5.73 Å². The molecule has 0 unspecified atom stereocenters. The van der Waals surface area contributed by atoms with Gasteiger partial charge in [0, 0.05) is 5.56 Å². The normalized spacial score (nSPS) is 11.2. The molecule has 0 aliphatic carbocycles. The minimum Gasteiger partial charge on any atom is -0.402 e. The van der Waals surface area contributed by atoms with Crippen molar-refractivity contribution in [1.29, 1.82) is 0 Å². The van der Waals surface area contributed by atoms with Crippen LogP contribution in [-0.2, 0) is 0 Å². The van der Waals surface area contributed by atoms with Crippen LogP contribution < -0.4 is 10.5 Å². The molecule has 0 radical (unpaired) electrons. The number of hydrogen-bond acceptors (Lipinski definition) is 3. The maximum atomic E-state index is 12.0. The molecule has 0 saturated carbocycles. The van der Waals surface area contributed by atoms with E-state index in [0.717, 1.165) is 6.07 Å². The number of carbonyl (C=O) groups excluding carboxylic acids is 1. The van der Waals surface area contributed by atoms with Crippen LogP contribution in [0.4, 0.5) is 18.9 Å². The van der Waals surface area contributed by atoms with Crippen LogP contribution in [0.1, 0.15) is 10.4 Å². The van der Waals surface area contributed by atoms with Gasteiger partial charge in [-0.15, -0.1) is 13.2 Å². The molecule has 0 aromatic heterocycles. The van der Waals surface area contributed by atoms with Gasteiger partial charge in [0.2, 0.25) is 0 Å². The molecule has 0 aliphatic heterocycles. The van der Waals surface area contributed by atoms with Crippen molar-refractivity contribution >= 4 is 27.9 Å². The fourth-order valence-corrected chi connectivity index (χ4v) is 1.43. The Balaban J connectivity index is 3.21. The Morgan fingerprint density at radius 3 is 2.47 bits per heavy atom. The fourth-order valence-electron chi connectivity index (χ4n) is 0.897. The molecule has 0 bridgehead atoms. The summed E-state index contributed by atoms with van der Waals surface area (Å²) in [6.07, 6.45) is -4.45. The first-order valence-corrected chi connectivity index (χ1v) is 4.43. The molecule has 2 N–H and O–H groups in total. The standard InChI is InChI=1S/C8H5BrF3NO2/c9-6-4(3-14)1-2-5(13)7(6)15-8(10,11)12/h1-3H,13H2. The van der Waals surface area contributed by atoms with E-state index in [2.05, 4.69) is 20.7 Å². The average Bonchev–Trinajstić information content (AvgIpc) is 2.11. The quantitative estimate of drug-likeness (QED) is 0.671. The number of hydrogen-bond donors (Lipinski definition) is 1. The number of rotatable bonds is 2. The molecule has 82 valence electrons. The molecule has 0 aliphatic rings. The van der Waals surface area contributed by atoms with Crippen molar-refractivity contribution in [2.24, 2.45) is 0 Å². The van der Waals surface area contributed by atoms with Gasteiger partial charge in [-0.05, 0) is 28.1 Å². The number of benzene rings is 1. The van der Waals surface area contributed by atoms with Gasteiger partial charge in [-0.2, -0.15) is 0 Å². The molecule has 0 atom stereocenters. The maximum absolute atomic E-state index is 12.0. The SMILES string of the molecule is Nc1ccc(C=O)c(Br)c1OC(F)(F)F. The molecular formula is C8H5BrF3NO2. The van der Waals surface area contributed by atoms with Gasteiger partial charge in [0.25, 0.3) is 0 Å². The summed E-state index contributed by atoms with van der Waals surface area (Å²) in [6, 6.07) is 2.45. The largest absolute Gasteiger partial charge is 0.573 e. The third kappa shape index (κ3) is 2.85. The van der Waals surface area contributed by atoms with Gasteiger partial charge in [0.1, 0.15) is 0 Å². The van der Waals surface area contributed by atoms with Crippen molar-refractivity contribution in [1.82, 2.24) is 0 Å². The summed E-state index contributed by atoms with van der Waals surface area (Å²) >= 11 is 2.81. The van der Waals surface area contributed by atoms with E-state index < -0.39 is 12.1 Å². The number of carbonyl (C=O) groups is 1. The summed E-state index contributed by atoms with van der Waals surface area (Å²) in [5, 5.41) is 0. The third-order valence-corrected chi connectivity index (χ3v) is 2.32. The van der Waals surface area contributed by atoms with E-state index in [9.17, 15) is 18.0 Å². The summed E-state index contributed by atoms with van der Waals surface area (Å²) in [5.74, 6) is -0.605. The number of anilines is 1. The lowest BCUT2D eigenvalue weighted by atomic mass is 10.2. The Hall–Kier alpha value is -1.24. The van der Waals surface area contributed by atoms with E-state index in [0.29, 0.717) is 6.29 Å². The predicted molar refractivity (Wildman–Crippen MR) is 50.6 cm³/mol. The lowest BCUT2D eigenvalue weighted by molar-refractivity contribution is -0.274. The van der Waals surface area contributed by atoms with Crippen LogP contribution in [0.3, 0.4) is 0 Å². The number of nitrogens with two attached hydrogens (primary N) is 1. The van der Waals surface area contributed by atoms with Crippen LogP contribution in [0.15, 0.2) is 16.6 Å². The monoisotopic (exact) mass is 283 g/mol. The van der Waals surface area contributed by atoms with E-state index in [1.807, 2.05) is 0 Å². The van der Waals surface area contributed by atoms with Crippen molar-refractivity contribution in [2.45, 2.75) is 6.36 Å². The Morgan fingerprint density at radius 2 is 2.00 bits per heavy atom. The summed E-state index contributed by atoms with van der Waals surface area (Å²) < 4.78 is 39.4. The molecule has 1 aromatic rings. The van der Waals surface area contributed by atoms with Gasteiger partial charge in [-0.1, -0.05) is 0 Å². The molecule has 1 rings (SSSR count). The van der Waals surface area contributed by atoms with E-state index in [1.54, 1.807) is 0 Å². The van der Waals surface area contributed by atoms with Crippen LogP contribution in [0.2, 0.25) is 0 Å². The number of nitrogen functional groups attached to an aromatic ring is 1. The molecule has 3 nitrogen and oxygen atoms in total. The Labute approximate surface area is 91.1 Å². The Bertz CT molecular complexity index is 392. The second-order valence-corrected chi connectivity index (χ2v) is 3.35. The highest BCUT2D eigenvalue weighted by atomic mass is 79.9. The van der Waals surface area contributed by atoms with Crippen molar-refractivity contribution in [3.05, 3.63) is 22.2 Å². The lowest BCUT2D eigenvalue weighted by Gasteiger charge is -2.13. The van der Waals surface area contributed by atoms with E-state index in [-0.39, 0.29) is 15.7 Å². The molecular weight excluding hydrogens is 279 g/mol. The zero-order valence-electron chi connectivity index (χ0n) is 7.14. The van der Waals surface area contributed by atoms with Gasteiger partial charge < -0.3 is 10.5 Å². The molecule has 7 heteroatoms. The molecule has 15 heavy (non-hydrogen) atoms. The van der Waals surface area contributed by atoms with Gasteiger partial charge in [0.05, 0.1) is 10.2 Å². The molecule has 0 amide bonds. The maximum Gasteiger partial charge on any atom is 0.573 e. The van der Waals surface area contributed by atoms with Gasteiger partial charge >= 0.3 is 6.36 Å². The topological polar surface area (TPSA) is 52.3 Å². The highest BCUT2D eigenvalue weighted by Gasteiger charge is 2.33. The first kappa shape index (κ1) is 11.8. The van der Waals surface area contributed by atoms with Crippen LogP contribution in [0.25, 0.3) is 0 Å². The zero-order valence-corrected chi connectivity index (χ0v) is 8.72. The van der Waals surface area contributed by atoms with Crippen molar-refractivity contribution in [3.63, 3.8) is 0 Å². The van der Waals surface area contributed by atoms with Crippen molar-refractivity contribution in [3.8, 4) is 5.75 Å². The summed E-state index contributed by atoms with van der Waals surface area (Å²) in [5.41, 5.74) is 5.11. The smallest absolute Gasteiger partial charge is 0.402 e. The molecule has 1 aromatic carbocycles. The van der Waals surface area contributed by atoms with Crippen LogP contribution >= 0.6 is 15.9 Å². The van der Waals surface area contributed by atoms with E-state index in [4.69, 9.17) is 5.73 Å². The number of alkyl halides is 3. The number of halogens is 4. The third-order valence-electron chi connectivity index (χ3n) is 1.50. The number of ether oxygens (including phenoxy) is 1. The lowest BCUT2D eigenvalue weighted by Crippen LogP contribution is -2.18. The number of aldehydes is 1. The average molecular weight is 284 g/mol. The van der Waals surface area contributed by atoms with Crippen LogP contribution in [0.5, 0.6) is 5.75 Å². The first-order valence-electron chi connectivity index (χ1n) is 3.64.